The summed E-state index contributed by atoms with van der Waals surface area (Å²) in [6.45, 7) is 0. The zero-order valence-corrected chi connectivity index (χ0v) is 21.1. The minimum absolute atomic E-state index is 0.262. The Labute approximate surface area is 229 Å². The smallest absolute Gasteiger partial charge is 0.313 e. The van der Waals surface area contributed by atoms with Crippen LogP contribution in [0.5, 0.6) is 0 Å². The zero-order valence-electron chi connectivity index (χ0n) is 21.1. The molecule has 5 heterocycles. The monoisotopic (exact) mass is 554 g/mol. The maximum absolute atomic E-state index is 12.8. The van der Waals surface area contributed by atoms with Gasteiger partial charge in [0.25, 0.3) is 11.8 Å². The number of oxazole rings is 1. The molecule has 41 heavy (non-hydrogen) atoms. The Morgan fingerprint density at radius 1 is 1.07 bits per heavy atom. The average molecular weight is 555 g/mol. The lowest BCUT2D eigenvalue weighted by Gasteiger charge is -2.15. The van der Waals surface area contributed by atoms with Crippen LogP contribution in [0.4, 0.5) is 14.6 Å². The molecule has 1 amide bonds. The van der Waals surface area contributed by atoms with Gasteiger partial charge in [-0.05, 0) is 60.4 Å². The van der Waals surface area contributed by atoms with Crippen molar-refractivity contribution in [3.8, 4) is 22.9 Å². The lowest BCUT2D eigenvalue weighted by atomic mass is 10.1. The first-order valence-electron chi connectivity index (χ1n) is 12.6. The number of carbonyl (C=O) groups excluding carboxylic acids is 1. The molecule has 0 radical (unpaired) electrons. The predicted molar refractivity (Wildman–Crippen MR) is 141 cm³/mol. The normalized spacial score (nSPS) is 14.6. The number of benzene rings is 1. The largest absolute Gasteiger partial charge is 0.430 e. The molecule has 0 unspecified atom stereocenters. The number of nitrogen functional groups attached to an aromatic ring is 1. The van der Waals surface area contributed by atoms with E-state index in [1.165, 1.54) is 4.80 Å². The molecule has 0 bridgehead atoms. The van der Waals surface area contributed by atoms with Gasteiger partial charge in [0, 0.05) is 11.9 Å². The van der Waals surface area contributed by atoms with Crippen LogP contribution in [0.2, 0.25) is 0 Å². The molecule has 0 spiro atoms. The molecule has 14 heteroatoms. The van der Waals surface area contributed by atoms with Crippen molar-refractivity contribution in [3.05, 3.63) is 90.0 Å². The predicted octanol–water partition coefficient (Wildman–Crippen LogP) is 3.99. The minimum atomic E-state index is -2.89. The van der Waals surface area contributed by atoms with Gasteiger partial charge in [0.1, 0.15) is 11.3 Å². The third-order valence-electron chi connectivity index (χ3n) is 6.89. The summed E-state index contributed by atoms with van der Waals surface area (Å²) in [5.74, 6) is -0.256. The van der Waals surface area contributed by atoms with Gasteiger partial charge in [0.2, 0.25) is 5.76 Å². The molecule has 12 nitrogen and oxygen atoms in total. The number of fused-ring (bicyclic) bond motifs is 2. The van der Waals surface area contributed by atoms with Crippen LogP contribution in [-0.2, 0) is 6.42 Å². The van der Waals surface area contributed by atoms with E-state index in [1.54, 1.807) is 30.7 Å². The van der Waals surface area contributed by atoms with Gasteiger partial charge in [-0.1, -0.05) is 6.07 Å². The van der Waals surface area contributed by atoms with Gasteiger partial charge in [-0.15, -0.1) is 4.80 Å². The number of nitrogens with zero attached hydrogens (tertiary/aromatic N) is 8. The summed E-state index contributed by atoms with van der Waals surface area (Å²) in [6.07, 6.45) is 4.17. The first-order chi connectivity index (χ1) is 20.0. The van der Waals surface area contributed by atoms with Crippen LogP contribution in [-0.4, -0.2) is 45.4 Å². The van der Waals surface area contributed by atoms with Crippen LogP contribution < -0.4 is 11.1 Å². The number of hydrogen-bond donors (Lipinski definition) is 2. The number of carbonyl (C=O) groups is 1. The number of pyridine rings is 2. The fraction of sp³-hybridized carbons (Fsp3) is 0.148. The number of halogens is 2. The third-order valence-corrected chi connectivity index (χ3v) is 6.89. The van der Waals surface area contributed by atoms with Gasteiger partial charge in [0.05, 0.1) is 30.2 Å². The maximum Gasteiger partial charge on any atom is 0.313 e. The van der Waals surface area contributed by atoms with E-state index in [9.17, 15) is 13.6 Å². The summed E-state index contributed by atoms with van der Waals surface area (Å²) in [5.41, 5.74) is 10.8. The number of imidazole rings is 1. The Bertz CT molecular complexity index is 1910. The Kier molecular flexibility index (Phi) is 5.73. The van der Waals surface area contributed by atoms with Crippen molar-refractivity contribution in [2.45, 2.75) is 25.3 Å². The number of amides is 1. The minimum Gasteiger partial charge on any atom is -0.430 e. The van der Waals surface area contributed by atoms with Crippen molar-refractivity contribution < 1.29 is 18.0 Å². The number of rotatable bonds is 6. The molecule has 0 fully saturated rings. The van der Waals surface area contributed by atoms with Crippen molar-refractivity contribution in [1.82, 2.24) is 44.8 Å². The molecule has 0 saturated carbocycles. The van der Waals surface area contributed by atoms with E-state index in [2.05, 4.69) is 25.5 Å². The highest BCUT2D eigenvalue weighted by Crippen LogP contribution is 2.36. The second-order valence-corrected chi connectivity index (χ2v) is 9.35. The molecule has 7 rings (SSSR count). The average Bonchev–Trinajstić information content (AvgIpc) is 3.79. The van der Waals surface area contributed by atoms with Gasteiger partial charge in [0.15, 0.2) is 17.3 Å². The van der Waals surface area contributed by atoms with Crippen LogP contribution in [0.3, 0.4) is 0 Å². The molecular formula is C27H20F2N10O2. The summed E-state index contributed by atoms with van der Waals surface area (Å²) in [7, 11) is 0. The molecule has 0 saturated heterocycles. The molecule has 1 atom stereocenters. The maximum atomic E-state index is 12.8. The Hall–Kier alpha value is -5.53. The SMILES string of the molecule is Nc1ncccc1-c1nc2ccc(-n3nccn3)nc2n1-c1ccc2c(c1)CC[C@@H]2NC(=O)c1cnc(C(F)F)o1. The van der Waals surface area contributed by atoms with Crippen LogP contribution in [0.15, 0.2) is 71.7 Å². The first kappa shape index (κ1) is 24.5. The molecular weight excluding hydrogens is 534 g/mol. The van der Waals surface area contributed by atoms with E-state index in [1.807, 2.05) is 34.9 Å². The van der Waals surface area contributed by atoms with Gasteiger partial charge < -0.3 is 15.5 Å². The Morgan fingerprint density at radius 2 is 1.93 bits per heavy atom. The first-order valence-corrected chi connectivity index (χ1v) is 12.6. The molecule has 0 aliphatic heterocycles. The van der Waals surface area contributed by atoms with Crippen molar-refractivity contribution in [1.29, 1.82) is 0 Å². The van der Waals surface area contributed by atoms with E-state index < -0.39 is 18.2 Å². The highest BCUT2D eigenvalue weighted by atomic mass is 19.3. The van der Waals surface area contributed by atoms with Crippen molar-refractivity contribution in [2.24, 2.45) is 0 Å². The van der Waals surface area contributed by atoms with Gasteiger partial charge in [-0.2, -0.15) is 19.0 Å². The number of anilines is 1. The lowest BCUT2D eigenvalue weighted by Crippen LogP contribution is -2.26. The van der Waals surface area contributed by atoms with Crippen LogP contribution in [0.25, 0.3) is 34.1 Å². The van der Waals surface area contributed by atoms with Crippen LogP contribution >= 0.6 is 0 Å². The van der Waals surface area contributed by atoms with Crippen LogP contribution in [0, 0.1) is 0 Å². The quantitative estimate of drug-likeness (QED) is 0.311. The zero-order chi connectivity index (χ0) is 28.1. The summed E-state index contributed by atoms with van der Waals surface area (Å²) in [5, 5.41) is 11.2. The standard InChI is InChI=1S/C27H20F2N10O2/c28-22(29)27-32-13-20(41-27)26(40)36-18-6-3-14-12-15(4-5-16(14)18)38-24(17-2-1-9-31-23(17)30)35-19-7-8-21(37-25(19)38)39-33-10-11-34-39/h1-2,4-5,7-13,18,22H,3,6H2,(H2,30,31)(H,36,40)/t18-/m0/s1. The highest BCUT2D eigenvalue weighted by Gasteiger charge is 2.28. The fourth-order valence-electron chi connectivity index (χ4n) is 5.04. The Morgan fingerprint density at radius 3 is 2.71 bits per heavy atom. The highest BCUT2D eigenvalue weighted by molar-refractivity contribution is 5.91. The third kappa shape index (κ3) is 4.25. The second-order valence-electron chi connectivity index (χ2n) is 9.35. The summed E-state index contributed by atoms with van der Waals surface area (Å²) < 4.78 is 32.5. The van der Waals surface area contributed by atoms with E-state index in [-0.39, 0.29) is 11.8 Å². The molecule has 6 aromatic rings. The van der Waals surface area contributed by atoms with Crippen molar-refractivity contribution in [2.75, 3.05) is 5.73 Å². The number of nitrogens with two attached hydrogens (primary N) is 1. The lowest BCUT2D eigenvalue weighted by molar-refractivity contribution is 0.0876. The molecule has 1 aliphatic carbocycles. The summed E-state index contributed by atoms with van der Waals surface area (Å²) in [4.78, 5) is 31.5. The summed E-state index contributed by atoms with van der Waals surface area (Å²) >= 11 is 0. The van der Waals surface area contributed by atoms with E-state index >= 15 is 0 Å². The Balaban J connectivity index is 1.28. The molecule has 204 valence electrons. The molecule has 1 aromatic carbocycles. The van der Waals surface area contributed by atoms with Gasteiger partial charge in [-0.3, -0.25) is 9.36 Å². The van der Waals surface area contributed by atoms with Crippen molar-refractivity contribution >= 4 is 22.9 Å². The number of hydrogen-bond acceptors (Lipinski definition) is 9. The van der Waals surface area contributed by atoms with Gasteiger partial charge in [-0.25, -0.2) is 19.9 Å². The van der Waals surface area contributed by atoms with Crippen molar-refractivity contribution in [3.63, 3.8) is 0 Å². The molecule has 1 aliphatic rings. The molecule has 3 N–H and O–H groups in total. The topological polar surface area (TPSA) is 155 Å². The fourth-order valence-corrected chi connectivity index (χ4v) is 5.04. The molecule has 5 aromatic heterocycles. The number of nitrogens with one attached hydrogen (secondary N) is 1. The van der Waals surface area contributed by atoms with E-state index in [4.69, 9.17) is 20.1 Å². The summed E-state index contributed by atoms with van der Waals surface area (Å²) in [6, 6.07) is 12.8. The van der Waals surface area contributed by atoms with E-state index in [0.717, 1.165) is 23.0 Å². The van der Waals surface area contributed by atoms with Crippen LogP contribution in [0.1, 0.15) is 46.5 Å². The van der Waals surface area contributed by atoms with Gasteiger partial charge >= 0.3 is 6.43 Å². The number of alkyl halides is 2. The number of aryl methyl sites for hydroxylation is 1. The second kappa shape index (κ2) is 9.59. The number of aromatic nitrogens is 8. The van der Waals surface area contributed by atoms with E-state index in [0.29, 0.717) is 47.0 Å².